The van der Waals surface area contributed by atoms with Gasteiger partial charge in [-0.05, 0) is 30.7 Å². The average Bonchev–Trinajstić information content (AvgIpc) is 2.71. The van der Waals surface area contributed by atoms with Crippen LogP contribution in [0.5, 0.6) is 5.75 Å². The minimum Gasteiger partial charge on any atom is -0.440 e. The van der Waals surface area contributed by atoms with Crippen LogP contribution in [0.15, 0.2) is 65.0 Å². The number of nitrogens with zero attached hydrogens (tertiary/aromatic N) is 3. The standard InChI is InChI=1S/C22H16ClFN4O2/c1-12-8-17-20(22(29)28(12)11-13-4-3-7-27-10-13)18(14(9-25)21(26)30-17)19-15(23)5-2-6-16(19)24/h2-8,10,18H,11,26H2,1H3. The van der Waals surface area contributed by atoms with Gasteiger partial charge in [-0.25, -0.2) is 4.39 Å². The first-order chi connectivity index (χ1) is 14.4. The van der Waals surface area contributed by atoms with Crippen LogP contribution in [0, 0.1) is 24.1 Å². The zero-order chi connectivity index (χ0) is 21.4. The predicted octanol–water partition coefficient (Wildman–Crippen LogP) is 3.61. The summed E-state index contributed by atoms with van der Waals surface area (Å²) >= 11 is 6.28. The normalized spacial score (nSPS) is 15.3. The Labute approximate surface area is 176 Å². The summed E-state index contributed by atoms with van der Waals surface area (Å²) in [5.74, 6) is -1.72. The molecule has 2 N–H and O–H groups in total. The van der Waals surface area contributed by atoms with Gasteiger partial charge >= 0.3 is 0 Å². The Kier molecular flexibility index (Phi) is 5.02. The van der Waals surface area contributed by atoms with Crippen molar-refractivity contribution in [1.82, 2.24) is 9.55 Å². The number of allylic oxidation sites excluding steroid dienone is 1. The first-order valence-corrected chi connectivity index (χ1v) is 9.45. The number of aromatic nitrogens is 2. The second-order valence-electron chi connectivity index (χ2n) is 6.88. The fourth-order valence-corrected chi connectivity index (χ4v) is 3.90. The maximum absolute atomic E-state index is 14.8. The fraction of sp³-hybridized carbons (Fsp3) is 0.136. The Morgan fingerprint density at radius 1 is 1.33 bits per heavy atom. The molecular weight excluding hydrogens is 407 g/mol. The number of hydrogen-bond acceptors (Lipinski definition) is 5. The number of pyridine rings is 2. The molecule has 2 aromatic heterocycles. The third kappa shape index (κ3) is 3.21. The molecule has 30 heavy (non-hydrogen) atoms. The second kappa shape index (κ2) is 7.65. The number of nitrogens with two attached hydrogens (primary N) is 1. The van der Waals surface area contributed by atoms with E-state index < -0.39 is 17.3 Å². The third-order valence-corrected chi connectivity index (χ3v) is 5.37. The van der Waals surface area contributed by atoms with Crippen molar-refractivity contribution in [2.24, 2.45) is 5.73 Å². The van der Waals surface area contributed by atoms with Crippen LogP contribution in [0.4, 0.5) is 4.39 Å². The van der Waals surface area contributed by atoms with Crippen LogP contribution in [0.2, 0.25) is 5.02 Å². The monoisotopic (exact) mass is 422 g/mol. The lowest BCUT2D eigenvalue weighted by atomic mass is 9.83. The molecule has 3 aromatic rings. The molecule has 0 aliphatic carbocycles. The lowest BCUT2D eigenvalue weighted by molar-refractivity contribution is 0.387. The molecule has 1 aromatic carbocycles. The first kappa shape index (κ1) is 19.7. The van der Waals surface area contributed by atoms with E-state index in [0.29, 0.717) is 5.69 Å². The maximum Gasteiger partial charge on any atom is 0.259 e. The van der Waals surface area contributed by atoms with Crippen LogP contribution in [0.1, 0.15) is 28.3 Å². The van der Waals surface area contributed by atoms with E-state index in [9.17, 15) is 14.4 Å². The van der Waals surface area contributed by atoms with Gasteiger partial charge in [0.05, 0.1) is 18.0 Å². The molecule has 150 valence electrons. The number of rotatable bonds is 3. The zero-order valence-corrected chi connectivity index (χ0v) is 16.7. The van der Waals surface area contributed by atoms with Crippen molar-refractivity contribution in [1.29, 1.82) is 5.26 Å². The van der Waals surface area contributed by atoms with Crippen LogP contribution in [-0.4, -0.2) is 9.55 Å². The molecule has 0 amide bonds. The molecule has 3 heterocycles. The highest BCUT2D eigenvalue weighted by Gasteiger charge is 2.37. The Balaban J connectivity index is 1.99. The van der Waals surface area contributed by atoms with Gasteiger partial charge in [0, 0.05) is 34.7 Å². The summed E-state index contributed by atoms with van der Waals surface area (Å²) in [7, 11) is 0. The Bertz CT molecular complexity index is 1260. The molecule has 1 aliphatic rings. The molecule has 1 atom stereocenters. The Morgan fingerprint density at radius 3 is 2.80 bits per heavy atom. The quantitative estimate of drug-likeness (QED) is 0.695. The van der Waals surface area contributed by atoms with E-state index in [0.717, 1.165) is 5.56 Å². The van der Waals surface area contributed by atoms with Crippen LogP contribution in [0.25, 0.3) is 0 Å². The molecule has 0 saturated heterocycles. The van der Waals surface area contributed by atoms with Gasteiger partial charge in [-0.1, -0.05) is 23.7 Å². The SMILES string of the molecule is Cc1cc2c(c(=O)n1Cc1cccnc1)C(c1c(F)cccc1Cl)C(C#N)=C(N)O2. The van der Waals surface area contributed by atoms with E-state index >= 15 is 0 Å². The number of hydrogen-bond donors (Lipinski definition) is 1. The molecule has 1 unspecified atom stereocenters. The van der Waals surface area contributed by atoms with Crippen LogP contribution in [-0.2, 0) is 6.54 Å². The summed E-state index contributed by atoms with van der Waals surface area (Å²) < 4.78 is 21.9. The van der Waals surface area contributed by atoms with Gasteiger partial charge < -0.3 is 15.0 Å². The van der Waals surface area contributed by atoms with Crippen LogP contribution >= 0.6 is 11.6 Å². The van der Waals surface area contributed by atoms with Crippen molar-refractivity contribution in [2.45, 2.75) is 19.4 Å². The summed E-state index contributed by atoms with van der Waals surface area (Å²) in [6, 6.07) is 11.4. The molecule has 4 rings (SSSR count). The first-order valence-electron chi connectivity index (χ1n) is 9.07. The average molecular weight is 423 g/mol. The Hall–Kier alpha value is -3.63. The van der Waals surface area contributed by atoms with E-state index in [1.165, 1.54) is 22.8 Å². The molecule has 0 radical (unpaired) electrons. The lowest BCUT2D eigenvalue weighted by Crippen LogP contribution is -2.33. The van der Waals surface area contributed by atoms with E-state index in [4.69, 9.17) is 22.1 Å². The number of nitriles is 1. The second-order valence-corrected chi connectivity index (χ2v) is 7.28. The third-order valence-electron chi connectivity index (χ3n) is 5.04. The topological polar surface area (TPSA) is 93.9 Å². The molecule has 0 fully saturated rings. The van der Waals surface area contributed by atoms with E-state index in [1.54, 1.807) is 31.5 Å². The smallest absolute Gasteiger partial charge is 0.259 e. The van der Waals surface area contributed by atoms with Gasteiger partial charge in [0.25, 0.3) is 5.56 Å². The Morgan fingerprint density at radius 2 is 2.13 bits per heavy atom. The van der Waals surface area contributed by atoms with Crippen LogP contribution in [0.3, 0.4) is 0 Å². The zero-order valence-electron chi connectivity index (χ0n) is 15.9. The lowest BCUT2D eigenvalue weighted by Gasteiger charge is -2.28. The van der Waals surface area contributed by atoms with Gasteiger partial charge in [-0.15, -0.1) is 0 Å². The highest BCUT2D eigenvalue weighted by atomic mass is 35.5. The fourth-order valence-electron chi connectivity index (χ4n) is 3.63. The number of benzene rings is 1. The van der Waals surface area contributed by atoms with Crippen molar-refractivity contribution in [3.8, 4) is 11.8 Å². The molecule has 0 saturated carbocycles. The minimum atomic E-state index is -1.08. The molecule has 6 nitrogen and oxygen atoms in total. The number of aryl methyl sites for hydroxylation is 1. The van der Waals surface area contributed by atoms with Crippen molar-refractivity contribution >= 4 is 11.6 Å². The van der Waals surface area contributed by atoms with Gasteiger partial charge in [0.1, 0.15) is 23.2 Å². The molecular formula is C22H16ClFN4O2. The van der Waals surface area contributed by atoms with Gasteiger partial charge in [-0.3, -0.25) is 9.78 Å². The summed E-state index contributed by atoms with van der Waals surface area (Å²) in [6.45, 7) is 2.01. The minimum absolute atomic E-state index is 0.0112. The summed E-state index contributed by atoms with van der Waals surface area (Å²) in [4.78, 5) is 17.6. The summed E-state index contributed by atoms with van der Waals surface area (Å²) in [6.07, 6.45) is 3.30. The number of halogens is 2. The number of fused-ring (bicyclic) bond motifs is 1. The van der Waals surface area contributed by atoms with Gasteiger partial charge in [0.15, 0.2) is 0 Å². The van der Waals surface area contributed by atoms with E-state index in [2.05, 4.69) is 4.98 Å². The van der Waals surface area contributed by atoms with Crippen LogP contribution < -0.4 is 16.0 Å². The van der Waals surface area contributed by atoms with Crippen molar-refractivity contribution in [3.05, 3.63) is 104 Å². The molecule has 0 spiro atoms. The van der Waals surface area contributed by atoms with E-state index in [1.807, 2.05) is 12.1 Å². The molecule has 8 heteroatoms. The van der Waals surface area contributed by atoms with Crippen molar-refractivity contribution in [3.63, 3.8) is 0 Å². The summed E-state index contributed by atoms with van der Waals surface area (Å²) in [5.41, 5.74) is 7.02. The van der Waals surface area contributed by atoms with Crippen molar-refractivity contribution < 1.29 is 9.13 Å². The highest BCUT2D eigenvalue weighted by molar-refractivity contribution is 6.31. The highest BCUT2D eigenvalue weighted by Crippen LogP contribution is 2.43. The molecule has 1 aliphatic heterocycles. The van der Waals surface area contributed by atoms with Gasteiger partial charge in [-0.2, -0.15) is 5.26 Å². The molecule has 0 bridgehead atoms. The van der Waals surface area contributed by atoms with E-state index in [-0.39, 0.29) is 39.9 Å². The summed E-state index contributed by atoms with van der Waals surface area (Å²) in [5, 5.41) is 9.79. The largest absolute Gasteiger partial charge is 0.440 e. The maximum atomic E-state index is 14.8. The predicted molar refractivity (Wildman–Crippen MR) is 109 cm³/mol. The van der Waals surface area contributed by atoms with Crippen molar-refractivity contribution in [2.75, 3.05) is 0 Å². The number of ether oxygens (including phenoxy) is 1. The van der Waals surface area contributed by atoms with Gasteiger partial charge in [0.2, 0.25) is 5.88 Å².